The van der Waals surface area contributed by atoms with Gasteiger partial charge < -0.3 is 29.0 Å². The molecule has 0 amide bonds. The summed E-state index contributed by atoms with van der Waals surface area (Å²) < 4.78 is 63.3. The third kappa shape index (κ3) is 6.55. The van der Waals surface area contributed by atoms with Gasteiger partial charge in [-0.15, -0.1) is 0 Å². The number of ether oxygens (including phenoxy) is 4. The van der Waals surface area contributed by atoms with E-state index in [4.69, 9.17) is 14.2 Å². The maximum atomic E-state index is 16.1. The minimum absolute atomic E-state index is 0.0453. The molecule has 0 aliphatic heterocycles. The molecule has 0 radical (unpaired) electrons. The number of rotatable bonds is 12. The Morgan fingerprint density at radius 1 is 0.953 bits per heavy atom. The fraction of sp³-hybridized carbons (Fsp3) is 0.333. The van der Waals surface area contributed by atoms with Gasteiger partial charge in [-0.2, -0.15) is 19.0 Å². The number of hydrogen-bond donors (Lipinski definition) is 1. The summed E-state index contributed by atoms with van der Waals surface area (Å²) in [5.74, 6) is -3.06. The van der Waals surface area contributed by atoms with Crippen molar-refractivity contribution in [3.05, 3.63) is 76.7 Å². The molecule has 0 aliphatic rings. The summed E-state index contributed by atoms with van der Waals surface area (Å²) in [5, 5.41) is 22.9. The lowest BCUT2D eigenvalue weighted by molar-refractivity contribution is -0.0538. The van der Waals surface area contributed by atoms with E-state index >= 15 is 4.39 Å². The lowest BCUT2D eigenvalue weighted by Crippen LogP contribution is -2.38. The van der Waals surface area contributed by atoms with Crippen LogP contribution in [0.25, 0.3) is 10.9 Å². The summed E-state index contributed by atoms with van der Waals surface area (Å²) in [5.41, 5.74) is -0.967. The Balaban J connectivity index is 2.13. The number of fused-ring (bicyclic) bond motifs is 1. The fourth-order valence-electron chi connectivity index (χ4n) is 4.94. The summed E-state index contributed by atoms with van der Waals surface area (Å²) >= 11 is 0. The van der Waals surface area contributed by atoms with Gasteiger partial charge in [-0.25, -0.2) is 14.4 Å². The Kier molecular flexibility index (Phi) is 9.53. The molecule has 10 nitrogen and oxygen atoms in total. The van der Waals surface area contributed by atoms with E-state index in [-0.39, 0.29) is 47.3 Å². The second kappa shape index (κ2) is 13.1. The van der Waals surface area contributed by atoms with E-state index in [1.807, 2.05) is 0 Å². The standard InChI is InChI=1S/C30H30F3N5O5/c1-38(2)11-9-30(39,19-14-23(40-3)37-24(15-19)43-29(32)33)25(20-8-10-35-28(42-5)26(20)31)21-13-18-12-17(16-34)6-7-22(18)36-27(21)41-4/h6-8,10,12-15,25,29,39H,9,11H2,1-5H3. The molecular formula is C30H30F3N5O5. The quantitative estimate of drug-likeness (QED) is 0.247. The zero-order valence-corrected chi connectivity index (χ0v) is 24.1. The highest BCUT2D eigenvalue weighted by Gasteiger charge is 2.45. The van der Waals surface area contributed by atoms with Gasteiger partial charge in [0.1, 0.15) is 5.60 Å². The van der Waals surface area contributed by atoms with E-state index in [0.717, 1.165) is 6.07 Å². The van der Waals surface area contributed by atoms with Gasteiger partial charge in [0.05, 0.1) is 44.4 Å². The summed E-state index contributed by atoms with van der Waals surface area (Å²) in [4.78, 5) is 14.3. The van der Waals surface area contributed by atoms with Gasteiger partial charge in [0.15, 0.2) is 5.82 Å². The highest BCUT2D eigenvalue weighted by molar-refractivity contribution is 5.82. The Morgan fingerprint density at radius 3 is 2.30 bits per heavy atom. The molecule has 1 aromatic carbocycles. The van der Waals surface area contributed by atoms with Gasteiger partial charge in [-0.1, -0.05) is 0 Å². The van der Waals surface area contributed by atoms with Crippen molar-refractivity contribution in [3.63, 3.8) is 0 Å². The number of alkyl halides is 2. The van der Waals surface area contributed by atoms with Crippen LogP contribution in [-0.2, 0) is 5.60 Å². The largest absolute Gasteiger partial charge is 0.481 e. The topological polar surface area (TPSA) is 123 Å². The molecule has 0 spiro atoms. The first kappa shape index (κ1) is 31.3. The molecule has 1 N–H and O–H groups in total. The minimum atomic E-state index is -3.21. The molecule has 4 rings (SSSR count). The summed E-state index contributed by atoms with van der Waals surface area (Å²) in [6.45, 7) is -2.94. The lowest BCUT2D eigenvalue weighted by Gasteiger charge is -2.39. The van der Waals surface area contributed by atoms with Crippen LogP contribution in [0.15, 0.2) is 48.7 Å². The summed E-state index contributed by atoms with van der Waals surface area (Å²) in [7, 11) is 7.48. The van der Waals surface area contributed by atoms with E-state index in [0.29, 0.717) is 16.5 Å². The smallest absolute Gasteiger partial charge is 0.388 e. The number of aliphatic hydroxyl groups is 1. The normalized spacial score (nSPS) is 13.4. The van der Waals surface area contributed by atoms with Gasteiger partial charge in [-0.05, 0) is 56.4 Å². The van der Waals surface area contributed by atoms with Gasteiger partial charge in [-0.3, -0.25) is 0 Å². The number of hydrogen-bond acceptors (Lipinski definition) is 10. The van der Waals surface area contributed by atoms with Crippen molar-refractivity contribution in [1.29, 1.82) is 5.26 Å². The molecule has 3 aromatic heterocycles. The summed E-state index contributed by atoms with van der Waals surface area (Å²) in [6.07, 6.45) is 1.28. The van der Waals surface area contributed by atoms with Gasteiger partial charge in [0.25, 0.3) is 0 Å². The highest BCUT2D eigenvalue weighted by atomic mass is 19.3. The number of methoxy groups -OCH3 is 3. The van der Waals surface area contributed by atoms with E-state index in [9.17, 15) is 19.1 Å². The molecule has 2 atom stereocenters. The average molecular weight is 598 g/mol. The van der Waals surface area contributed by atoms with Crippen LogP contribution in [0.4, 0.5) is 13.2 Å². The van der Waals surface area contributed by atoms with Crippen molar-refractivity contribution >= 4 is 10.9 Å². The first-order valence-corrected chi connectivity index (χ1v) is 13.0. The molecule has 0 saturated carbocycles. The van der Waals surface area contributed by atoms with E-state index in [2.05, 4.69) is 25.8 Å². The molecule has 0 aliphatic carbocycles. The zero-order chi connectivity index (χ0) is 31.3. The van der Waals surface area contributed by atoms with Crippen LogP contribution in [0, 0.1) is 17.1 Å². The molecule has 0 fully saturated rings. The van der Waals surface area contributed by atoms with Crippen LogP contribution < -0.4 is 18.9 Å². The Morgan fingerprint density at radius 2 is 1.67 bits per heavy atom. The molecule has 43 heavy (non-hydrogen) atoms. The summed E-state index contributed by atoms with van der Waals surface area (Å²) in [6, 6.07) is 12.5. The van der Waals surface area contributed by atoms with Crippen molar-refractivity contribution in [2.45, 2.75) is 24.6 Å². The maximum Gasteiger partial charge on any atom is 0.388 e. The second-order valence-corrected chi connectivity index (χ2v) is 9.86. The van der Waals surface area contributed by atoms with Crippen LogP contribution in [-0.4, -0.2) is 73.5 Å². The number of pyridine rings is 3. The molecule has 4 aromatic rings. The van der Waals surface area contributed by atoms with Crippen molar-refractivity contribution in [3.8, 4) is 29.6 Å². The van der Waals surface area contributed by atoms with Crippen LogP contribution in [0.5, 0.6) is 23.5 Å². The van der Waals surface area contributed by atoms with Crippen LogP contribution in [0.1, 0.15) is 34.6 Å². The molecule has 13 heteroatoms. The van der Waals surface area contributed by atoms with Gasteiger partial charge >= 0.3 is 6.61 Å². The Bertz CT molecular complexity index is 1650. The number of nitrogens with zero attached hydrogens (tertiary/aromatic N) is 5. The van der Waals surface area contributed by atoms with E-state index < -0.39 is 29.8 Å². The first-order chi connectivity index (χ1) is 20.5. The number of halogens is 3. The van der Waals surface area contributed by atoms with Gasteiger partial charge in [0, 0.05) is 41.4 Å². The number of nitriles is 1. The average Bonchev–Trinajstić information content (AvgIpc) is 2.99. The second-order valence-electron chi connectivity index (χ2n) is 9.86. The molecule has 0 saturated heterocycles. The monoisotopic (exact) mass is 597 g/mol. The van der Waals surface area contributed by atoms with Crippen LogP contribution in [0.2, 0.25) is 0 Å². The number of aromatic nitrogens is 3. The van der Waals surface area contributed by atoms with Crippen molar-refractivity contribution in [1.82, 2.24) is 19.9 Å². The predicted molar refractivity (Wildman–Crippen MR) is 150 cm³/mol. The number of benzene rings is 1. The molecule has 2 unspecified atom stereocenters. The third-order valence-corrected chi connectivity index (χ3v) is 6.95. The molecule has 0 bridgehead atoms. The zero-order valence-electron chi connectivity index (χ0n) is 24.1. The van der Waals surface area contributed by atoms with Crippen LogP contribution >= 0.6 is 0 Å². The van der Waals surface area contributed by atoms with Crippen LogP contribution in [0.3, 0.4) is 0 Å². The highest BCUT2D eigenvalue weighted by Crippen LogP contribution is 2.49. The minimum Gasteiger partial charge on any atom is -0.481 e. The van der Waals surface area contributed by atoms with E-state index in [1.54, 1.807) is 43.3 Å². The van der Waals surface area contributed by atoms with Gasteiger partial charge in [0.2, 0.25) is 23.5 Å². The predicted octanol–water partition coefficient (Wildman–Crippen LogP) is 4.63. The molecule has 3 heterocycles. The Hall–Kier alpha value is -4.67. The van der Waals surface area contributed by atoms with Crippen molar-refractivity contribution < 1.29 is 37.2 Å². The molecule has 226 valence electrons. The third-order valence-electron chi connectivity index (χ3n) is 6.95. The van der Waals surface area contributed by atoms with Crippen molar-refractivity contribution in [2.24, 2.45) is 0 Å². The fourth-order valence-corrected chi connectivity index (χ4v) is 4.94. The SMILES string of the molecule is COc1cc(C(O)(CCN(C)C)C(c2cc3cc(C#N)ccc3nc2OC)c2ccnc(OC)c2F)cc(OC(F)F)n1. The maximum absolute atomic E-state index is 16.1. The lowest BCUT2D eigenvalue weighted by atomic mass is 9.71. The first-order valence-electron chi connectivity index (χ1n) is 13.0. The molecular weight excluding hydrogens is 567 g/mol. The van der Waals surface area contributed by atoms with E-state index in [1.165, 1.54) is 39.7 Å². The Labute approximate surface area is 246 Å². The van der Waals surface area contributed by atoms with Crippen molar-refractivity contribution in [2.75, 3.05) is 42.0 Å².